The molecule has 0 aromatic heterocycles. The summed E-state index contributed by atoms with van der Waals surface area (Å²) in [5.74, 6) is 0.270. The van der Waals surface area contributed by atoms with E-state index in [1.807, 2.05) is 12.1 Å². The molecule has 5 heteroatoms. The molecule has 0 spiro atoms. The zero-order valence-electron chi connectivity index (χ0n) is 8.33. The van der Waals surface area contributed by atoms with Crippen molar-refractivity contribution in [1.29, 1.82) is 0 Å². The summed E-state index contributed by atoms with van der Waals surface area (Å²) in [5.41, 5.74) is 1.07. The van der Waals surface area contributed by atoms with Crippen LogP contribution in [0.1, 0.15) is 0 Å². The van der Waals surface area contributed by atoms with Crippen molar-refractivity contribution < 1.29 is 5.11 Å². The highest BCUT2D eigenvalue weighted by Crippen LogP contribution is 2.19. The van der Waals surface area contributed by atoms with E-state index in [0.29, 0.717) is 13.1 Å². The number of benzene rings is 1. The Balaban J connectivity index is 2.01. The maximum absolute atomic E-state index is 10.3. The van der Waals surface area contributed by atoms with Crippen molar-refractivity contribution >= 4 is 5.69 Å². The number of hydrogen-bond acceptors (Lipinski definition) is 4. The molecule has 1 aliphatic heterocycles. The molecule has 15 heavy (non-hydrogen) atoms. The molecule has 0 amide bonds. The first-order chi connectivity index (χ1) is 7.29. The van der Waals surface area contributed by atoms with Gasteiger partial charge in [-0.1, -0.05) is 0 Å². The lowest BCUT2D eigenvalue weighted by Gasteiger charge is -2.32. The van der Waals surface area contributed by atoms with Gasteiger partial charge in [-0.25, -0.2) is 0 Å². The van der Waals surface area contributed by atoms with E-state index in [2.05, 4.69) is 10.2 Å². The van der Waals surface area contributed by atoms with E-state index in [4.69, 9.17) is 5.11 Å². The van der Waals surface area contributed by atoms with Gasteiger partial charge in [0.15, 0.2) is 0 Å². The third-order valence-corrected chi connectivity index (χ3v) is 2.59. The molecule has 5 nitrogen and oxygen atoms in total. The molecule has 0 bridgehead atoms. The Bertz CT molecular complexity index is 331. The van der Waals surface area contributed by atoms with Crippen LogP contribution in [0, 0.1) is 4.91 Å². The van der Waals surface area contributed by atoms with Crippen molar-refractivity contribution in [3.8, 4) is 5.75 Å². The zero-order chi connectivity index (χ0) is 10.7. The number of nitrogens with zero attached hydrogens (tertiary/aromatic N) is 3. The maximum Gasteiger partial charge on any atom is 0.115 e. The molecule has 1 aromatic rings. The number of anilines is 1. The lowest BCUT2D eigenvalue weighted by atomic mass is 10.2. The van der Waals surface area contributed by atoms with E-state index in [-0.39, 0.29) is 5.75 Å². The van der Waals surface area contributed by atoms with Crippen LogP contribution in [0.25, 0.3) is 0 Å². The predicted molar refractivity (Wildman–Crippen MR) is 57.7 cm³/mol. The topological polar surface area (TPSA) is 56.1 Å². The monoisotopic (exact) mass is 207 g/mol. The molecule has 1 aromatic carbocycles. The van der Waals surface area contributed by atoms with Crippen molar-refractivity contribution in [1.82, 2.24) is 5.01 Å². The van der Waals surface area contributed by atoms with Gasteiger partial charge in [0, 0.05) is 18.8 Å². The highest BCUT2D eigenvalue weighted by Gasteiger charge is 2.16. The SMILES string of the molecule is O=NN1CCN(c2ccc(O)cc2)CC1. The quantitative estimate of drug-likeness (QED) is 0.740. The molecule has 1 saturated heterocycles. The third-order valence-electron chi connectivity index (χ3n) is 2.59. The molecular weight excluding hydrogens is 194 g/mol. The van der Waals surface area contributed by atoms with Gasteiger partial charge in [0.05, 0.1) is 18.4 Å². The summed E-state index contributed by atoms with van der Waals surface area (Å²) in [6, 6.07) is 7.08. The number of rotatable bonds is 2. The van der Waals surface area contributed by atoms with E-state index in [1.54, 1.807) is 12.1 Å². The standard InChI is InChI=1S/C10H13N3O2/c14-10-3-1-9(2-4-10)12-5-7-13(11-15)8-6-12/h1-4,14H,5-8H2. The number of aromatic hydroxyl groups is 1. The van der Waals surface area contributed by atoms with Crippen LogP contribution in [0.15, 0.2) is 29.6 Å². The molecule has 0 radical (unpaired) electrons. The van der Waals surface area contributed by atoms with E-state index < -0.39 is 0 Å². The number of phenols is 1. The van der Waals surface area contributed by atoms with Crippen molar-refractivity contribution in [2.45, 2.75) is 0 Å². The number of phenolic OH excluding ortho intramolecular Hbond substituents is 1. The fourth-order valence-corrected chi connectivity index (χ4v) is 1.70. The normalized spacial score (nSPS) is 16.5. The lowest BCUT2D eigenvalue weighted by Crippen LogP contribution is -2.43. The van der Waals surface area contributed by atoms with Gasteiger partial charge in [-0.15, -0.1) is 4.91 Å². The Morgan fingerprint density at radius 3 is 2.20 bits per heavy atom. The van der Waals surface area contributed by atoms with Gasteiger partial charge < -0.3 is 10.0 Å². The summed E-state index contributed by atoms with van der Waals surface area (Å²) in [4.78, 5) is 12.4. The number of piperazine rings is 1. The van der Waals surface area contributed by atoms with Crippen LogP contribution in [0.5, 0.6) is 5.75 Å². The van der Waals surface area contributed by atoms with Crippen LogP contribution in [-0.2, 0) is 0 Å². The minimum absolute atomic E-state index is 0.270. The highest BCUT2D eigenvalue weighted by molar-refractivity contribution is 5.49. The van der Waals surface area contributed by atoms with Gasteiger partial charge >= 0.3 is 0 Å². The van der Waals surface area contributed by atoms with Crippen molar-refractivity contribution in [2.24, 2.45) is 5.29 Å². The summed E-state index contributed by atoms with van der Waals surface area (Å²) >= 11 is 0. The minimum atomic E-state index is 0.270. The molecule has 1 N–H and O–H groups in total. The summed E-state index contributed by atoms with van der Waals surface area (Å²) < 4.78 is 0. The average molecular weight is 207 g/mol. The molecule has 80 valence electrons. The smallest absolute Gasteiger partial charge is 0.115 e. The van der Waals surface area contributed by atoms with Gasteiger partial charge in [0.2, 0.25) is 0 Å². The highest BCUT2D eigenvalue weighted by atomic mass is 16.3. The largest absolute Gasteiger partial charge is 0.508 e. The van der Waals surface area contributed by atoms with Gasteiger partial charge in [-0.2, -0.15) is 0 Å². The maximum atomic E-state index is 10.3. The fraction of sp³-hybridized carbons (Fsp3) is 0.400. The lowest BCUT2D eigenvalue weighted by molar-refractivity contribution is 0.267. The molecule has 1 heterocycles. The van der Waals surface area contributed by atoms with Crippen LogP contribution < -0.4 is 4.90 Å². The van der Waals surface area contributed by atoms with E-state index in [1.165, 1.54) is 5.01 Å². The number of hydrogen-bond donors (Lipinski definition) is 1. The van der Waals surface area contributed by atoms with Gasteiger partial charge in [-0.05, 0) is 24.3 Å². The van der Waals surface area contributed by atoms with Gasteiger partial charge in [-0.3, -0.25) is 5.01 Å². The van der Waals surface area contributed by atoms with Crippen LogP contribution in [0.2, 0.25) is 0 Å². The van der Waals surface area contributed by atoms with E-state index >= 15 is 0 Å². The van der Waals surface area contributed by atoms with Gasteiger partial charge in [0.25, 0.3) is 0 Å². The molecule has 0 aliphatic carbocycles. The first-order valence-corrected chi connectivity index (χ1v) is 4.92. The second kappa shape index (κ2) is 4.16. The summed E-state index contributed by atoms with van der Waals surface area (Å²) in [7, 11) is 0. The Morgan fingerprint density at radius 2 is 1.67 bits per heavy atom. The van der Waals surface area contributed by atoms with Crippen molar-refractivity contribution in [3.05, 3.63) is 29.2 Å². The first-order valence-electron chi connectivity index (χ1n) is 4.92. The van der Waals surface area contributed by atoms with E-state index in [0.717, 1.165) is 18.8 Å². The Hall–Kier alpha value is -1.78. The second-order valence-electron chi connectivity index (χ2n) is 3.54. The van der Waals surface area contributed by atoms with Crippen molar-refractivity contribution in [2.75, 3.05) is 31.1 Å². The molecule has 0 unspecified atom stereocenters. The molecular formula is C10H13N3O2. The Kier molecular flexibility index (Phi) is 2.71. The zero-order valence-corrected chi connectivity index (χ0v) is 8.33. The fourth-order valence-electron chi connectivity index (χ4n) is 1.70. The Labute approximate surface area is 87.9 Å². The van der Waals surface area contributed by atoms with Crippen LogP contribution in [0.3, 0.4) is 0 Å². The molecule has 0 saturated carbocycles. The summed E-state index contributed by atoms with van der Waals surface area (Å²) in [6.45, 7) is 2.89. The molecule has 1 fully saturated rings. The second-order valence-corrected chi connectivity index (χ2v) is 3.54. The van der Waals surface area contributed by atoms with Crippen LogP contribution in [-0.4, -0.2) is 36.3 Å². The summed E-state index contributed by atoms with van der Waals surface area (Å²) in [5, 5.41) is 13.6. The molecule has 2 rings (SSSR count). The van der Waals surface area contributed by atoms with Crippen LogP contribution >= 0.6 is 0 Å². The third kappa shape index (κ3) is 2.18. The predicted octanol–water partition coefficient (Wildman–Crippen LogP) is 1.20. The molecule has 0 atom stereocenters. The Morgan fingerprint density at radius 1 is 1.07 bits per heavy atom. The number of nitroso groups, excluding NO2 is 1. The minimum Gasteiger partial charge on any atom is -0.508 e. The van der Waals surface area contributed by atoms with Gasteiger partial charge in [0.1, 0.15) is 5.75 Å². The van der Waals surface area contributed by atoms with E-state index in [9.17, 15) is 4.91 Å². The first kappa shape index (κ1) is 9.76. The van der Waals surface area contributed by atoms with Crippen molar-refractivity contribution in [3.63, 3.8) is 0 Å². The molecule has 1 aliphatic rings. The summed E-state index contributed by atoms with van der Waals surface area (Å²) in [6.07, 6.45) is 0. The average Bonchev–Trinajstić information content (AvgIpc) is 2.30. The van der Waals surface area contributed by atoms with Crippen LogP contribution in [0.4, 0.5) is 5.69 Å².